The number of rotatable bonds is 3. The molecule has 0 atom stereocenters. The zero-order chi connectivity index (χ0) is 12.3. The van der Waals surface area contributed by atoms with Crippen LogP contribution >= 0.6 is 10.7 Å². The highest BCUT2D eigenvalue weighted by atomic mass is 35.7. The van der Waals surface area contributed by atoms with Crippen molar-refractivity contribution in [2.45, 2.75) is 4.90 Å². The molecule has 0 N–H and O–H groups in total. The largest absolute Gasteiger partial charge is 0.495 e. The predicted octanol–water partition coefficient (Wildman–Crippen LogP) is 1.50. The molecule has 7 heteroatoms. The molecule has 0 fully saturated rings. The third-order valence-electron chi connectivity index (χ3n) is 1.87. The van der Waals surface area contributed by atoms with Crippen LogP contribution in [-0.4, -0.2) is 22.6 Å². The molecule has 0 aliphatic rings. The van der Waals surface area contributed by atoms with E-state index in [-0.39, 0.29) is 22.0 Å². The van der Waals surface area contributed by atoms with E-state index in [2.05, 4.69) is 0 Å². The molecule has 0 spiro atoms. The minimum Gasteiger partial charge on any atom is -0.495 e. The van der Waals surface area contributed by atoms with E-state index in [0.29, 0.717) is 0 Å². The number of ether oxygens (including phenoxy) is 2. The minimum absolute atomic E-state index is 0.0982. The molecule has 0 heterocycles. The third kappa shape index (κ3) is 2.38. The van der Waals surface area contributed by atoms with E-state index in [1.807, 2.05) is 6.07 Å². The van der Waals surface area contributed by atoms with E-state index >= 15 is 0 Å². The summed E-state index contributed by atoms with van der Waals surface area (Å²) in [5.41, 5.74) is 0.120. The first-order chi connectivity index (χ1) is 7.43. The van der Waals surface area contributed by atoms with Crippen LogP contribution in [0.5, 0.6) is 11.5 Å². The van der Waals surface area contributed by atoms with Gasteiger partial charge in [-0.15, -0.1) is 0 Å². The van der Waals surface area contributed by atoms with Crippen molar-refractivity contribution in [1.82, 2.24) is 0 Å². The van der Waals surface area contributed by atoms with Gasteiger partial charge in [0.25, 0.3) is 9.05 Å². The van der Waals surface area contributed by atoms with Crippen LogP contribution in [0.4, 0.5) is 0 Å². The molecule has 1 aromatic rings. The minimum atomic E-state index is -3.89. The number of nitrogens with zero attached hydrogens (tertiary/aromatic N) is 1. The molecule has 0 saturated carbocycles. The fourth-order valence-electron chi connectivity index (χ4n) is 1.14. The molecule has 0 aliphatic carbocycles. The van der Waals surface area contributed by atoms with Gasteiger partial charge in [0.05, 0.1) is 19.1 Å². The fourth-order valence-corrected chi connectivity index (χ4v) is 1.90. The smallest absolute Gasteiger partial charge is 0.261 e. The lowest BCUT2D eigenvalue weighted by Crippen LogP contribution is -1.98. The van der Waals surface area contributed by atoms with Crippen LogP contribution in [0.15, 0.2) is 17.0 Å². The molecule has 0 radical (unpaired) electrons. The highest BCUT2D eigenvalue weighted by Gasteiger charge is 2.18. The molecule has 0 aliphatic heterocycles. The first-order valence-corrected chi connectivity index (χ1v) is 6.35. The highest BCUT2D eigenvalue weighted by Crippen LogP contribution is 2.32. The second-order valence-corrected chi connectivity index (χ2v) is 5.32. The number of halogens is 1. The maximum absolute atomic E-state index is 11.1. The van der Waals surface area contributed by atoms with Gasteiger partial charge in [0.2, 0.25) is 0 Å². The van der Waals surface area contributed by atoms with Gasteiger partial charge in [-0.25, -0.2) is 8.42 Å². The van der Waals surface area contributed by atoms with E-state index in [1.54, 1.807) is 0 Å². The van der Waals surface area contributed by atoms with Crippen LogP contribution < -0.4 is 9.47 Å². The van der Waals surface area contributed by atoms with E-state index in [1.165, 1.54) is 26.4 Å². The van der Waals surface area contributed by atoms with Crippen LogP contribution in [0.2, 0.25) is 0 Å². The van der Waals surface area contributed by atoms with Gasteiger partial charge in [0.15, 0.2) is 0 Å². The molecular weight excluding hydrogens is 254 g/mol. The molecule has 0 bridgehead atoms. The molecule has 16 heavy (non-hydrogen) atoms. The summed E-state index contributed by atoms with van der Waals surface area (Å²) in [6.45, 7) is 0. The molecule has 86 valence electrons. The van der Waals surface area contributed by atoms with Gasteiger partial charge in [-0.1, -0.05) is 0 Å². The van der Waals surface area contributed by atoms with Crippen LogP contribution in [0.25, 0.3) is 0 Å². The van der Waals surface area contributed by atoms with Crippen LogP contribution in [0.3, 0.4) is 0 Å². The number of benzene rings is 1. The van der Waals surface area contributed by atoms with Crippen molar-refractivity contribution >= 4 is 19.7 Å². The zero-order valence-electron chi connectivity index (χ0n) is 8.52. The highest BCUT2D eigenvalue weighted by molar-refractivity contribution is 8.13. The van der Waals surface area contributed by atoms with E-state index in [0.717, 1.165) is 0 Å². The standard InChI is InChI=1S/C9H8ClNO4S/c1-14-8-3-6(16(10,12)13)4-9(15-2)7(8)5-11/h3-4H,1-2H3. The summed E-state index contributed by atoms with van der Waals surface area (Å²) in [7, 11) is 3.94. The van der Waals surface area contributed by atoms with Crippen LogP contribution in [-0.2, 0) is 9.05 Å². The first kappa shape index (κ1) is 12.6. The lowest BCUT2D eigenvalue weighted by atomic mass is 10.2. The van der Waals surface area contributed by atoms with Crippen molar-refractivity contribution < 1.29 is 17.9 Å². The second kappa shape index (κ2) is 4.60. The zero-order valence-corrected chi connectivity index (χ0v) is 10.1. The fraction of sp³-hybridized carbons (Fsp3) is 0.222. The second-order valence-electron chi connectivity index (χ2n) is 2.75. The summed E-state index contributed by atoms with van der Waals surface area (Å²) >= 11 is 0. The van der Waals surface area contributed by atoms with Crippen molar-refractivity contribution in [3.05, 3.63) is 17.7 Å². The Labute approximate surface area is 97.6 Å². The van der Waals surface area contributed by atoms with Crippen molar-refractivity contribution in [2.24, 2.45) is 0 Å². The number of methoxy groups -OCH3 is 2. The third-order valence-corrected chi connectivity index (χ3v) is 3.21. The van der Waals surface area contributed by atoms with E-state index in [4.69, 9.17) is 25.4 Å². The molecule has 0 unspecified atom stereocenters. The summed E-state index contributed by atoms with van der Waals surface area (Å²) in [6.07, 6.45) is 0. The SMILES string of the molecule is COc1cc(S(=O)(=O)Cl)cc(OC)c1C#N. The van der Waals surface area contributed by atoms with Gasteiger partial charge < -0.3 is 9.47 Å². The Morgan fingerprint density at radius 2 is 1.69 bits per heavy atom. The summed E-state index contributed by atoms with van der Waals surface area (Å²) < 4.78 is 32.1. The van der Waals surface area contributed by atoms with Crippen molar-refractivity contribution in [1.29, 1.82) is 5.26 Å². The Balaban J connectivity index is 3.58. The number of hydrogen-bond donors (Lipinski definition) is 0. The summed E-state index contributed by atoms with van der Waals surface area (Å²) in [5, 5.41) is 8.86. The maximum Gasteiger partial charge on any atom is 0.261 e. The quantitative estimate of drug-likeness (QED) is 0.771. The Hall–Kier alpha value is -1.45. The summed E-state index contributed by atoms with van der Waals surface area (Å²) in [5.74, 6) is 0.196. The Kier molecular flexibility index (Phi) is 3.62. The molecule has 5 nitrogen and oxygen atoms in total. The number of hydrogen-bond acceptors (Lipinski definition) is 5. The van der Waals surface area contributed by atoms with Crippen LogP contribution in [0.1, 0.15) is 5.56 Å². The van der Waals surface area contributed by atoms with Gasteiger partial charge in [-0.2, -0.15) is 5.26 Å². The molecule has 1 aromatic carbocycles. The van der Waals surface area contributed by atoms with Gasteiger partial charge in [-0.05, 0) is 0 Å². The lowest BCUT2D eigenvalue weighted by molar-refractivity contribution is 0.389. The predicted molar refractivity (Wildman–Crippen MR) is 57.3 cm³/mol. The molecule has 0 aromatic heterocycles. The average Bonchev–Trinajstić information content (AvgIpc) is 2.25. The summed E-state index contributed by atoms with van der Waals surface area (Å²) in [4.78, 5) is -0.179. The van der Waals surface area contributed by atoms with Crippen molar-refractivity contribution in [2.75, 3.05) is 14.2 Å². The van der Waals surface area contributed by atoms with Crippen molar-refractivity contribution in [3.8, 4) is 17.6 Å². The van der Waals surface area contributed by atoms with Gasteiger partial charge in [0.1, 0.15) is 23.1 Å². The van der Waals surface area contributed by atoms with Gasteiger partial charge >= 0.3 is 0 Å². The van der Waals surface area contributed by atoms with Gasteiger partial charge in [-0.3, -0.25) is 0 Å². The average molecular weight is 262 g/mol. The maximum atomic E-state index is 11.1. The topological polar surface area (TPSA) is 76.4 Å². The Morgan fingerprint density at radius 1 is 1.25 bits per heavy atom. The molecular formula is C9H8ClNO4S. The molecule has 1 rings (SSSR count). The van der Waals surface area contributed by atoms with Gasteiger partial charge in [0, 0.05) is 22.8 Å². The Morgan fingerprint density at radius 3 is 1.94 bits per heavy atom. The number of nitriles is 1. The molecule has 0 saturated heterocycles. The van der Waals surface area contributed by atoms with E-state index < -0.39 is 9.05 Å². The van der Waals surface area contributed by atoms with Crippen LogP contribution in [0, 0.1) is 11.3 Å². The Bertz CT molecular complexity index is 522. The monoisotopic (exact) mass is 261 g/mol. The molecule has 0 amide bonds. The first-order valence-electron chi connectivity index (χ1n) is 4.04. The lowest BCUT2D eigenvalue weighted by Gasteiger charge is -2.09. The normalized spacial score (nSPS) is 10.6. The van der Waals surface area contributed by atoms with Crippen molar-refractivity contribution in [3.63, 3.8) is 0 Å². The van der Waals surface area contributed by atoms with E-state index in [9.17, 15) is 8.42 Å². The summed E-state index contributed by atoms with van der Waals surface area (Å²) in [6, 6.07) is 4.20.